The van der Waals surface area contributed by atoms with Gasteiger partial charge in [-0.2, -0.15) is 5.01 Å². The highest BCUT2D eigenvalue weighted by Crippen LogP contribution is 2.32. The largest absolute Gasteiger partial charge is 0.423 e. The number of hydrazine groups is 1. The Morgan fingerprint density at radius 2 is 1.75 bits per heavy atom. The first kappa shape index (κ1) is 24.8. The minimum atomic E-state index is -0.739. The van der Waals surface area contributed by atoms with Crippen molar-refractivity contribution in [3.8, 4) is 5.75 Å². The molecule has 1 aliphatic rings. The molecule has 0 aliphatic carbocycles. The van der Waals surface area contributed by atoms with Crippen LogP contribution in [0.4, 0.5) is 5.69 Å². The lowest BCUT2D eigenvalue weighted by Gasteiger charge is -2.15. The van der Waals surface area contributed by atoms with E-state index in [0.717, 1.165) is 28.4 Å². The second-order valence-electron chi connectivity index (χ2n) is 7.59. The number of carbonyl (C=O) groups is 3. The van der Waals surface area contributed by atoms with E-state index in [1.165, 1.54) is 30.3 Å². The summed E-state index contributed by atoms with van der Waals surface area (Å²) < 4.78 is 5.47. The fourth-order valence-electron chi connectivity index (χ4n) is 3.13. The Hall–Kier alpha value is -4.35. The van der Waals surface area contributed by atoms with E-state index in [0.29, 0.717) is 16.0 Å². The van der Waals surface area contributed by atoms with Gasteiger partial charge in [-0.3, -0.25) is 25.1 Å². The number of nitro groups is 1. The molecule has 0 radical (unpaired) electrons. The van der Waals surface area contributed by atoms with Gasteiger partial charge in [0.1, 0.15) is 5.75 Å². The van der Waals surface area contributed by atoms with Gasteiger partial charge in [-0.15, -0.1) is 0 Å². The molecule has 180 valence electrons. The molecule has 1 saturated heterocycles. The SMILES string of the molecule is Cc1ccc(C(=O)NN2C(=O)C(=Cc3ccc(OC(=O)c4cccc([N+](=O)[O-])c4)cc3)SC2=S)cc1. The van der Waals surface area contributed by atoms with Crippen molar-refractivity contribution in [2.75, 3.05) is 0 Å². The molecule has 0 aromatic heterocycles. The maximum absolute atomic E-state index is 12.8. The second kappa shape index (κ2) is 10.5. The third-order valence-corrected chi connectivity index (χ3v) is 6.30. The highest BCUT2D eigenvalue weighted by atomic mass is 32.2. The molecule has 0 saturated carbocycles. The molecule has 11 heteroatoms. The Morgan fingerprint density at radius 3 is 2.42 bits per heavy atom. The van der Waals surface area contributed by atoms with Crippen LogP contribution in [-0.4, -0.2) is 32.0 Å². The van der Waals surface area contributed by atoms with Crippen molar-refractivity contribution in [3.63, 3.8) is 0 Å². The lowest BCUT2D eigenvalue weighted by molar-refractivity contribution is -0.384. The Kier molecular flexibility index (Phi) is 7.23. The summed E-state index contributed by atoms with van der Waals surface area (Å²) >= 11 is 6.30. The number of hydrogen-bond donors (Lipinski definition) is 1. The lowest BCUT2D eigenvalue weighted by atomic mass is 10.1. The Morgan fingerprint density at radius 1 is 1.06 bits per heavy atom. The maximum atomic E-state index is 12.8. The number of rotatable bonds is 6. The van der Waals surface area contributed by atoms with Crippen LogP contribution in [0.2, 0.25) is 0 Å². The van der Waals surface area contributed by atoms with Crippen molar-refractivity contribution in [2.24, 2.45) is 0 Å². The van der Waals surface area contributed by atoms with Crippen LogP contribution in [0.3, 0.4) is 0 Å². The zero-order chi connectivity index (χ0) is 25.8. The number of nitrogens with one attached hydrogen (secondary N) is 1. The summed E-state index contributed by atoms with van der Waals surface area (Å²) in [5.74, 6) is -1.44. The predicted octanol–water partition coefficient (Wildman–Crippen LogP) is 4.67. The van der Waals surface area contributed by atoms with E-state index in [1.807, 2.05) is 6.92 Å². The van der Waals surface area contributed by atoms with E-state index in [4.69, 9.17) is 17.0 Å². The topological polar surface area (TPSA) is 119 Å². The number of ether oxygens (including phenoxy) is 1. The fraction of sp³-hybridized carbons (Fsp3) is 0.0400. The lowest BCUT2D eigenvalue weighted by Crippen LogP contribution is -2.44. The van der Waals surface area contributed by atoms with E-state index in [9.17, 15) is 24.5 Å². The summed E-state index contributed by atoms with van der Waals surface area (Å²) in [6.07, 6.45) is 1.60. The van der Waals surface area contributed by atoms with Crippen molar-refractivity contribution in [1.29, 1.82) is 0 Å². The number of non-ortho nitro benzene ring substituents is 1. The van der Waals surface area contributed by atoms with Gasteiger partial charge < -0.3 is 4.74 Å². The summed E-state index contributed by atoms with van der Waals surface area (Å²) in [6, 6.07) is 18.5. The monoisotopic (exact) mass is 519 g/mol. The number of thiocarbonyl (C=S) groups is 1. The van der Waals surface area contributed by atoms with Gasteiger partial charge in [0.2, 0.25) is 0 Å². The number of benzene rings is 3. The normalized spacial score (nSPS) is 14.1. The number of hydrogen-bond acceptors (Lipinski definition) is 8. The van der Waals surface area contributed by atoms with Crippen molar-refractivity contribution < 1.29 is 24.0 Å². The van der Waals surface area contributed by atoms with E-state index < -0.39 is 22.7 Å². The third kappa shape index (κ3) is 5.65. The van der Waals surface area contributed by atoms with Gasteiger partial charge in [-0.05, 0) is 61.1 Å². The molecular weight excluding hydrogens is 502 g/mol. The molecule has 3 aromatic carbocycles. The molecule has 0 bridgehead atoms. The molecule has 3 aromatic rings. The number of carbonyl (C=O) groups excluding carboxylic acids is 3. The van der Waals surface area contributed by atoms with Gasteiger partial charge in [0.15, 0.2) is 4.32 Å². The Bertz CT molecular complexity index is 1420. The van der Waals surface area contributed by atoms with Crippen LogP contribution in [0, 0.1) is 17.0 Å². The Balaban J connectivity index is 1.42. The molecule has 9 nitrogen and oxygen atoms in total. The number of amides is 2. The van der Waals surface area contributed by atoms with Crippen LogP contribution in [-0.2, 0) is 4.79 Å². The molecule has 4 rings (SSSR count). The first-order valence-corrected chi connectivity index (χ1v) is 11.7. The van der Waals surface area contributed by atoms with Crippen molar-refractivity contribution in [2.45, 2.75) is 6.92 Å². The zero-order valence-corrected chi connectivity index (χ0v) is 20.3. The van der Waals surface area contributed by atoms with Gasteiger partial charge in [-0.25, -0.2) is 4.79 Å². The van der Waals surface area contributed by atoms with Crippen LogP contribution in [0.15, 0.2) is 77.7 Å². The van der Waals surface area contributed by atoms with Crippen LogP contribution >= 0.6 is 24.0 Å². The molecule has 1 aliphatic heterocycles. The Labute approximate surface area is 214 Å². The smallest absolute Gasteiger partial charge is 0.343 e. The van der Waals surface area contributed by atoms with Crippen LogP contribution in [0.1, 0.15) is 31.8 Å². The summed E-state index contributed by atoms with van der Waals surface area (Å²) in [6.45, 7) is 1.91. The minimum Gasteiger partial charge on any atom is -0.423 e. The van der Waals surface area contributed by atoms with Crippen LogP contribution in [0.25, 0.3) is 6.08 Å². The molecule has 2 amide bonds. The fourth-order valence-corrected chi connectivity index (χ4v) is 4.31. The number of esters is 1. The van der Waals surface area contributed by atoms with Crippen molar-refractivity contribution in [3.05, 3.63) is 110 Å². The van der Waals surface area contributed by atoms with Crippen molar-refractivity contribution >= 4 is 57.8 Å². The molecule has 1 fully saturated rings. The molecule has 1 heterocycles. The summed E-state index contributed by atoms with van der Waals surface area (Å²) in [7, 11) is 0. The number of nitrogens with zero attached hydrogens (tertiary/aromatic N) is 2. The molecule has 0 unspecified atom stereocenters. The summed E-state index contributed by atoms with van der Waals surface area (Å²) in [4.78, 5) is 48.2. The van der Waals surface area contributed by atoms with Gasteiger partial charge in [0.25, 0.3) is 17.5 Å². The summed E-state index contributed by atoms with van der Waals surface area (Å²) in [5, 5.41) is 11.9. The predicted molar refractivity (Wildman–Crippen MR) is 138 cm³/mol. The van der Waals surface area contributed by atoms with E-state index >= 15 is 0 Å². The first-order chi connectivity index (χ1) is 17.2. The van der Waals surface area contributed by atoms with Crippen molar-refractivity contribution in [1.82, 2.24) is 10.4 Å². The second-order valence-corrected chi connectivity index (χ2v) is 9.27. The van der Waals surface area contributed by atoms with E-state index in [-0.39, 0.29) is 21.3 Å². The van der Waals surface area contributed by atoms with Gasteiger partial charge in [0.05, 0.1) is 15.4 Å². The number of aryl methyl sites for hydroxylation is 1. The third-order valence-electron chi connectivity index (χ3n) is 5.00. The van der Waals surface area contributed by atoms with Gasteiger partial charge in [0, 0.05) is 17.7 Å². The highest BCUT2D eigenvalue weighted by molar-refractivity contribution is 8.26. The van der Waals surface area contributed by atoms with Gasteiger partial charge in [-0.1, -0.05) is 47.7 Å². The van der Waals surface area contributed by atoms with E-state index in [2.05, 4.69) is 5.43 Å². The highest BCUT2D eigenvalue weighted by Gasteiger charge is 2.33. The molecule has 0 spiro atoms. The zero-order valence-electron chi connectivity index (χ0n) is 18.7. The molecule has 36 heavy (non-hydrogen) atoms. The summed E-state index contributed by atoms with van der Waals surface area (Å²) in [5.41, 5.74) is 4.40. The molecule has 0 atom stereocenters. The molecular formula is C25H17N3O6S2. The minimum absolute atomic E-state index is 0.0460. The first-order valence-electron chi connectivity index (χ1n) is 10.4. The standard InChI is InChI=1S/C25H17N3O6S2/c1-15-5-9-17(10-6-15)22(29)26-27-23(30)21(36-25(27)35)13-16-7-11-20(12-8-16)34-24(31)18-3-2-4-19(14-18)28(32)33/h2-14H,1H3,(H,26,29). The maximum Gasteiger partial charge on any atom is 0.343 e. The average molecular weight is 520 g/mol. The quantitative estimate of drug-likeness (QED) is 0.125. The van der Waals surface area contributed by atoms with Crippen LogP contribution in [0.5, 0.6) is 5.75 Å². The molecule has 1 N–H and O–H groups in total. The van der Waals surface area contributed by atoms with Gasteiger partial charge >= 0.3 is 5.97 Å². The number of nitro benzene ring substituents is 1. The van der Waals surface area contributed by atoms with E-state index in [1.54, 1.807) is 42.5 Å². The number of thioether (sulfide) groups is 1. The van der Waals surface area contributed by atoms with Crippen LogP contribution < -0.4 is 10.2 Å². The average Bonchev–Trinajstić information content (AvgIpc) is 3.12.